The molecule has 0 radical (unpaired) electrons. The van der Waals surface area contributed by atoms with Gasteiger partial charge >= 0.3 is 0 Å². The van der Waals surface area contributed by atoms with E-state index in [9.17, 15) is 4.79 Å². The van der Waals surface area contributed by atoms with E-state index in [0.29, 0.717) is 22.9 Å². The Morgan fingerprint density at radius 1 is 0.926 bits per heavy atom. The van der Waals surface area contributed by atoms with Gasteiger partial charge in [0.2, 0.25) is 5.75 Å². The Kier molecular flexibility index (Phi) is 5.35. The zero-order chi connectivity index (χ0) is 19.4. The smallest absolute Gasteiger partial charge is 0.268 e. The summed E-state index contributed by atoms with van der Waals surface area (Å²) in [6.07, 6.45) is 1.83. The lowest BCUT2D eigenvalue weighted by Gasteiger charge is -2.15. The third-order valence-electron chi connectivity index (χ3n) is 4.37. The number of H-pyrrole nitrogens is 1. The van der Waals surface area contributed by atoms with Gasteiger partial charge in [0.05, 0.1) is 21.3 Å². The number of aromatic amines is 1. The number of nitrogens with one attached hydrogen (secondary N) is 2. The van der Waals surface area contributed by atoms with Crippen molar-refractivity contribution in [3.05, 3.63) is 54.4 Å². The maximum atomic E-state index is 12.5. The summed E-state index contributed by atoms with van der Waals surface area (Å²) in [4.78, 5) is 15.6. The standard InChI is InChI=1S/C21H22N2O4/c1-22-21(24)19-18(15(12-23-19)13-8-6-5-7-9-13)14-10-16(25-2)20(27-4)17(11-14)26-3/h5-12,23H,1-4H3,(H,22,24). The summed E-state index contributed by atoms with van der Waals surface area (Å²) >= 11 is 0. The lowest BCUT2D eigenvalue weighted by atomic mass is 9.96. The summed E-state index contributed by atoms with van der Waals surface area (Å²) in [5, 5.41) is 2.68. The van der Waals surface area contributed by atoms with Gasteiger partial charge in [0.15, 0.2) is 11.5 Å². The molecule has 0 saturated carbocycles. The Morgan fingerprint density at radius 2 is 1.56 bits per heavy atom. The van der Waals surface area contributed by atoms with Crippen LogP contribution in [0.1, 0.15) is 10.5 Å². The second-order valence-electron chi connectivity index (χ2n) is 5.81. The van der Waals surface area contributed by atoms with Crippen molar-refractivity contribution in [2.24, 2.45) is 0 Å². The molecular weight excluding hydrogens is 344 g/mol. The lowest BCUT2D eigenvalue weighted by molar-refractivity contribution is 0.0959. The van der Waals surface area contributed by atoms with E-state index in [1.54, 1.807) is 28.4 Å². The molecule has 2 aromatic carbocycles. The van der Waals surface area contributed by atoms with Crippen LogP contribution >= 0.6 is 0 Å². The lowest BCUT2D eigenvalue weighted by Crippen LogP contribution is -2.19. The van der Waals surface area contributed by atoms with Gasteiger partial charge in [-0.3, -0.25) is 4.79 Å². The Labute approximate surface area is 158 Å². The number of methoxy groups -OCH3 is 3. The number of hydrogen-bond acceptors (Lipinski definition) is 4. The van der Waals surface area contributed by atoms with E-state index in [2.05, 4.69) is 10.3 Å². The number of carbonyl (C=O) groups is 1. The molecule has 6 heteroatoms. The average molecular weight is 366 g/mol. The van der Waals surface area contributed by atoms with Crippen molar-refractivity contribution in [3.8, 4) is 39.5 Å². The van der Waals surface area contributed by atoms with Crippen LogP contribution in [0.25, 0.3) is 22.3 Å². The molecule has 0 bridgehead atoms. The van der Waals surface area contributed by atoms with E-state index in [1.807, 2.05) is 48.7 Å². The molecule has 0 spiro atoms. The molecule has 0 fully saturated rings. The highest BCUT2D eigenvalue weighted by Gasteiger charge is 2.22. The second kappa shape index (κ2) is 7.86. The maximum Gasteiger partial charge on any atom is 0.268 e. The van der Waals surface area contributed by atoms with Crippen LogP contribution in [0, 0.1) is 0 Å². The minimum absolute atomic E-state index is 0.207. The molecule has 1 amide bonds. The number of ether oxygens (including phenoxy) is 3. The van der Waals surface area contributed by atoms with Gasteiger partial charge in [0.1, 0.15) is 5.69 Å². The predicted octanol–water partition coefficient (Wildman–Crippen LogP) is 3.73. The van der Waals surface area contributed by atoms with E-state index in [-0.39, 0.29) is 5.91 Å². The third-order valence-corrected chi connectivity index (χ3v) is 4.37. The molecule has 27 heavy (non-hydrogen) atoms. The highest BCUT2D eigenvalue weighted by Crippen LogP contribution is 2.44. The van der Waals surface area contributed by atoms with E-state index >= 15 is 0 Å². The van der Waals surface area contributed by atoms with Crippen LogP contribution < -0.4 is 19.5 Å². The third kappa shape index (κ3) is 3.33. The number of benzene rings is 2. The van der Waals surface area contributed by atoms with Gasteiger partial charge < -0.3 is 24.5 Å². The fourth-order valence-corrected chi connectivity index (χ4v) is 3.10. The van der Waals surface area contributed by atoms with Crippen LogP contribution in [0.15, 0.2) is 48.7 Å². The number of hydrogen-bond donors (Lipinski definition) is 2. The molecule has 3 rings (SSSR count). The first kappa shape index (κ1) is 18.4. The minimum atomic E-state index is -0.207. The van der Waals surface area contributed by atoms with Crippen molar-refractivity contribution in [1.82, 2.24) is 10.3 Å². The van der Waals surface area contributed by atoms with Crippen molar-refractivity contribution in [3.63, 3.8) is 0 Å². The first-order chi connectivity index (χ1) is 13.1. The zero-order valence-electron chi connectivity index (χ0n) is 15.8. The summed E-state index contributed by atoms with van der Waals surface area (Å²) < 4.78 is 16.4. The van der Waals surface area contributed by atoms with Crippen LogP contribution in [0.2, 0.25) is 0 Å². The quantitative estimate of drug-likeness (QED) is 0.697. The van der Waals surface area contributed by atoms with E-state index in [4.69, 9.17) is 14.2 Å². The van der Waals surface area contributed by atoms with Crippen LogP contribution in [0.5, 0.6) is 17.2 Å². The van der Waals surface area contributed by atoms with Crippen LogP contribution in [-0.4, -0.2) is 39.3 Å². The average Bonchev–Trinajstić information content (AvgIpc) is 3.17. The summed E-state index contributed by atoms with van der Waals surface area (Å²) in [7, 11) is 6.29. The first-order valence-electron chi connectivity index (χ1n) is 8.43. The number of aromatic nitrogens is 1. The first-order valence-corrected chi connectivity index (χ1v) is 8.43. The molecule has 0 aliphatic heterocycles. The molecule has 0 aliphatic rings. The van der Waals surface area contributed by atoms with Gasteiger partial charge in [-0.1, -0.05) is 30.3 Å². The van der Waals surface area contributed by atoms with Gasteiger partial charge in [0.25, 0.3) is 5.91 Å². The molecule has 1 aromatic heterocycles. The van der Waals surface area contributed by atoms with Crippen LogP contribution in [0.3, 0.4) is 0 Å². The molecule has 0 unspecified atom stereocenters. The Bertz CT molecular complexity index is 923. The van der Waals surface area contributed by atoms with E-state index in [0.717, 1.165) is 22.3 Å². The largest absolute Gasteiger partial charge is 0.493 e. The van der Waals surface area contributed by atoms with Gasteiger partial charge in [-0.25, -0.2) is 0 Å². The fraction of sp³-hybridized carbons (Fsp3) is 0.190. The maximum absolute atomic E-state index is 12.5. The molecular formula is C21H22N2O4. The fourth-order valence-electron chi connectivity index (χ4n) is 3.10. The Hall–Kier alpha value is -3.41. The molecule has 0 aliphatic carbocycles. The topological polar surface area (TPSA) is 72.6 Å². The van der Waals surface area contributed by atoms with Crippen LogP contribution in [-0.2, 0) is 0 Å². The summed E-state index contributed by atoms with van der Waals surface area (Å²) in [5.74, 6) is 1.34. The Balaban J connectivity index is 2.30. The van der Waals surface area contributed by atoms with Crippen molar-refractivity contribution in [2.45, 2.75) is 0 Å². The van der Waals surface area contributed by atoms with Gasteiger partial charge in [-0.05, 0) is 23.3 Å². The summed E-state index contributed by atoms with van der Waals surface area (Å²) in [5.41, 5.74) is 3.91. The molecule has 3 aromatic rings. The molecule has 2 N–H and O–H groups in total. The van der Waals surface area contributed by atoms with Crippen LogP contribution in [0.4, 0.5) is 0 Å². The zero-order valence-corrected chi connectivity index (χ0v) is 15.8. The van der Waals surface area contributed by atoms with Crippen molar-refractivity contribution in [1.29, 1.82) is 0 Å². The highest BCUT2D eigenvalue weighted by atomic mass is 16.5. The number of rotatable bonds is 6. The van der Waals surface area contributed by atoms with Crippen molar-refractivity contribution < 1.29 is 19.0 Å². The minimum Gasteiger partial charge on any atom is -0.493 e. The molecule has 6 nitrogen and oxygen atoms in total. The monoisotopic (exact) mass is 366 g/mol. The second-order valence-corrected chi connectivity index (χ2v) is 5.81. The van der Waals surface area contributed by atoms with Crippen molar-refractivity contribution in [2.75, 3.05) is 28.4 Å². The van der Waals surface area contributed by atoms with Gasteiger partial charge in [0, 0.05) is 24.4 Å². The molecule has 140 valence electrons. The van der Waals surface area contributed by atoms with E-state index < -0.39 is 0 Å². The van der Waals surface area contributed by atoms with Crippen molar-refractivity contribution >= 4 is 5.91 Å². The van der Waals surface area contributed by atoms with Gasteiger partial charge in [-0.2, -0.15) is 0 Å². The molecule has 0 saturated heterocycles. The summed E-state index contributed by atoms with van der Waals surface area (Å²) in [6, 6.07) is 13.5. The Morgan fingerprint density at radius 3 is 2.07 bits per heavy atom. The number of amides is 1. The van der Waals surface area contributed by atoms with E-state index in [1.165, 1.54) is 0 Å². The molecule has 1 heterocycles. The summed E-state index contributed by atoms with van der Waals surface area (Å²) in [6.45, 7) is 0. The van der Waals surface area contributed by atoms with Gasteiger partial charge in [-0.15, -0.1) is 0 Å². The number of carbonyl (C=O) groups excluding carboxylic acids is 1. The highest BCUT2D eigenvalue weighted by molar-refractivity contribution is 6.04. The molecule has 0 atom stereocenters. The predicted molar refractivity (Wildman–Crippen MR) is 105 cm³/mol. The SMILES string of the molecule is CNC(=O)c1[nH]cc(-c2ccccc2)c1-c1cc(OC)c(OC)c(OC)c1. The normalized spacial score (nSPS) is 10.4.